The highest BCUT2D eigenvalue weighted by Crippen LogP contribution is 2.14. The molecule has 0 unspecified atom stereocenters. The summed E-state index contributed by atoms with van der Waals surface area (Å²) in [5, 5.41) is 8.34. The van der Waals surface area contributed by atoms with E-state index in [0.717, 1.165) is 5.69 Å². The number of hydrogen-bond donors (Lipinski definition) is 3. The maximum absolute atomic E-state index is 11.4. The molecule has 2 rings (SSSR count). The number of halogens is 1. The Hall–Kier alpha value is -1.75. The molecule has 3 amide bonds. The number of rotatable bonds is 2. The molecule has 84 valence electrons. The molecule has 3 N–H and O–H groups in total. The number of benzene rings is 1. The maximum atomic E-state index is 11.4. The van der Waals surface area contributed by atoms with Crippen LogP contribution < -0.4 is 16.0 Å². The monoisotopic (exact) mass is 239 g/mol. The third-order valence-corrected chi connectivity index (χ3v) is 2.46. The second kappa shape index (κ2) is 4.40. The lowest BCUT2D eigenvalue weighted by atomic mass is 10.2. The van der Waals surface area contributed by atoms with Crippen LogP contribution in [0.1, 0.15) is 0 Å². The van der Waals surface area contributed by atoms with Gasteiger partial charge in [0.15, 0.2) is 0 Å². The van der Waals surface area contributed by atoms with Crippen molar-refractivity contribution in [1.29, 1.82) is 0 Å². The number of anilines is 1. The van der Waals surface area contributed by atoms with E-state index in [4.69, 9.17) is 11.6 Å². The van der Waals surface area contributed by atoms with E-state index in [1.54, 1.807) is 24.3 Å². The zero-order valence-electron chi connectivity index (χ0n) is 8.29. The minimum atomic E-state index is -0.459. The second-order valence-electron chi connectivity index (χ2n) is 3.40. The zero-order chi connectivity index (χ0) is 11.5. The van der Waals surface area contributed by atoms with Crippen LogP contribution in [0.3, 0.4) is 0 Å². The van der Waals surface area contributed by atoms with E-state index < -0.39 is 12.1 Å². The van der Waals surface area contributed by atoms with Crippen LogP contribution in [0.5, 0.6) is 0 Å². The van der Waals surface area contributed by atoms with E-state index in [-0.39, 0.29) is 12.5 Å². The lowest BCUT2D eigenvalue weighted by Crippen LogP contribution is -2.57. The van der Waals surface area contributed by atoms with Gasteiger partial charge in [0, 0.05) is 17.3 Å². The molecule has 6 heteroatoms. The Morgan fingerprint density at radius 2 is 1.94 bits per heavy atom. The highest BCUT2D eigenvalue weighted by atomic mass is 35.5. The molecule has 0 bridgehead atoms. The molecule has 1 aliphatic heterocycles. The summed E-state index contributed by atoms with van der Waals surface area (Å²) in [5.41, 5.74) is 0.778. The van der Waals surface area contributed by atoms with Crippen LogP contribution in [0, 0.1) is 0 Å². The molecular formula is C10H10ClN3O2. The summed E-state index contributed by atoms with van der Waals surface area (Å²) >= 11 is 5.74. The summed E-state index contributed by atoms with van der Waals surface area (Å²) in [4.78, 5) is 22.2. The van der Waals surface area contributed by atoms with Gasteiger partial charge in [-0.05, 0) is 24.3 Å². The van der Waals surface area contributed by atoms with Gasteiger partial charge in [-0.2, -0.15) is 0 Å². The van der Waals surface area contributed by atoms with E-state index in [1.165, 1.54) is 0 Å². The Balaban J connectivity index is 2.02. The van der Waals surface area contributed by atoms with E-state index in [2.05, 4.69) is 16.0 Å². The predicted molar refractivity (Wildman–Crippen MR) is 60.4 cm³/mol. The topological polar surface area (TPSA) is 70.2 Å². The highest BCUT2D eigenvalue weighted by molar-refractivity contribution is 6.30. The molecule has 1 atom stereocenters. The molecule has 0 radical (unpaired) electrons. The molecule has 16 heavy (non-hydrogen) atoms. The van der Waals surface area contributed by atoms with Crippen LogP contribution in [0.15, 0.2) is 24.3 Å². The molecule has 1 aromatic rings. The number of carbonyl (C=O) groups excluding carboxylic acids is 2. The van der Waals surface area contributed by atoms with Gasteiger partial charge in [-0.15, -0.1) is 0 Å². The minimum absolute atomic E-state index is 0.271. The van der Waals surface area contributed by atoms with Crippen molar-refractivity contribution in [2.45, 2.75) is 6.04 Å². The molecule has 0 aromatic heterocycles. The van der Waals surface area contributed by atoms with Gasteiger partial charge >= 0.3 is 6.03 Å². The van der Waals surface area contributed by atoms with Crippen molar-refractivity contribution >= 4 is 29.2 Å². The first kappa shape index (κ1) is 10.8. The van der Waals surface area contributed by atoms with E-state index in [1.807, 2.05) is 0 Å². The number of amides is 3. The summed E-state index contributed by atoms with van der Waals surface area (Å²) in [6.07, 6.45) is 0. The molecule has 1 fully saturated rings. The molecule has 1 aliphatic rings. The maximum Gasteiger partial charge on any atom is 0.321 e. The smallest absolute Gasteiger partial charge is 0.321 e. The molecule has 1 aromatic carbocycles. The first-order chi connectivity index (χ1) is 7.65. The summed E-state index contributed by atoms with van der Waals surface area (Å²) in [7, 11) is 0. The SMILES string of the molecule is O=C1NC[C@@H](Nc2ccc(Cl)cc2)C(=O)N1. The first-order valence-electron chi connectivity index (χ1n) is 4.76. The van der Waals surface area contributed by atoms with Crippen LogP contribution in [0.25, 0.3) is 0 Å². The summed E-state index contributed by atoms with van der Waals surface area (Å²) in [5.74, 6) is -0.335. The van der Waals surface area contributed by atoms with Crippen molar-refractivity contribution in [1.82, 2.24) is 10.6 Å². The molecule has 5 nitrogen and oxygen atoms in total. The van der Waals surface area contributed by atoms with Gasteiger partial charge in [-0.3, -0.25) is 10.1 Å². The fourth-order valence-corrected chi connectivity index (χ4v) is 1.52. The lowest BCUT2D eigenvalue weighted by Gasteiger charge is -2.23. The molecule has 0 aliphatic carbocycles. The van der Waals surface area contributed by atoms with Crippen LogP contribution in [0.4, 0.5) is 10.5 Å². The first-order valence-corrected chi connectivity index (χ1v) is 5.14. The average molecular weight is 240 g/mol. The Bertz CT molecular complexity index is 419. The third-order valence-electron chi connectivity index (χ3n) is 2.21. The minimum Gasteiger partial charge on any atom is -0.372 e. The summed E-state index contributed by atoms with van der Waals surface area (Å²) in [6, 6.07) is 6.07. The lowest BCUT2D eigenvalue weighted by molar-refractivity contribution is -0.121. The van der Waals surface area contributed by atoms with Gasteiger partial charge in [0.25, 0.3) is 5.91 Å². The zero-order valence-corrected chi connectivity index (χ0v) is 9.04. The number of nitrogens with one attached hydrogen (secondary N) is 3. The van der Waals surface area contributed by atoms with Crippen LogP contribution in [0.2, 0.25) is 5.02 Å². The quantitative estimate of drug-likeness (QED) is 0.720. The predicted octanol–water partition coefficient (Wildman–Crippen LogP) is 0.960. The van der Waals surface area contributed by atoms with E-state index in [9.17, 15) is 9.59 Å². The van der Waals surface area contributed by atoms with E-state index in [0.29, 0.717) is 5.02 Å². The molecule has 1 saturated heterocycles. The normalized spacial score (nSPS) is 19.9. The van der Waals surface area contributed by atoms with Crippen LogP contribution >= 0.6 is 11.6 Å². The van der Waals surface area contributed by atoms with E-state index >= 15 is 0 Å². The number of carbonyl (C=O) groups is 2. The van der Waals surface area contributed by atoms with Gasteiger partial charge in [0.05, 0.1) is 0 Å². The van der Waals surface area contributed by atoms with Gasteiger partial charge in [-0.1, -0.05) is 11.6 Å². The standard InChI is InChI=1S/C10H10ClN3O2/c11-6-1-3-7(4-2-6)13-8-5-12-10(16)14-9(8)15/h1-4,8,13H,5H2,(H2,12,14,15,16)/t8-/m1/s1. The summed E-state index contributed by atoms with van der Waals surface area (Å²) in [6.45, 7) is 0.271. The van der Waals surface area contributed by atoms with Crippen molar-refractivity contribution in [2.75, 3.05) is 11.9 Å². The number of hydrogen-bond acceptors (Lipinski definition) is 3. The fourth-order valence-electron chi connectivity index (χ4n) is 1.39. The molecule has 1 heterocycles. The Labute approximate surface area is 97.2 Å². The van der Waals surface area contributed by atoms with Gasteiger partial charge in [0.1, 0.15) is 6.04 Å². The fraction of sp³-hybridized carbons (Fsp3) is 0.200. The Morgan fingerprint density at radius 1 is 1.25 bits per heavy atom. The Kier molecular flexibility index (Phi) is 2.96. The average Bonchev–Trinajstić information content (AvgIpc) is 2.25. The number of urea groups is 1. The molecule has 0 spiro atoms. The highest BCUT2D eigenvalue weighted by Gasteiger charge is 2.25. The van der Waals surface area contributed by atoms with Crippen molar-refractivity contribution in [3.8, 4) is 0 Å². The van der Waals surface area contributed by atoms with Gasteiger partial charge in [-0.25, -0.2) is 4.79 Å². The van der Waals surface area contributed by atoms with Crippen molar-refractivity contribution in [2.24, 2.45) is 0 Å². The van der Waals surface area contributed by atoms with Crippen molar-refractivity contribution in [3.63, 3.8) is 0 Å². The number of imide groups is 1. The third kappa shape index (κ3) is 2.43. The van der Waals surface area contributed by atoms with Gasteiger partial charge in [0.2, 0.25) is 0 Å². The molecular weight excluding hydrogens is 230 g/mol. The Morgan fingerprint density at radius 3 is 2.56 bits per heavy atom. The second-order valence-corrected chi connectivity index (χ2v) is 3.84. The van der Waals surface area contributed by atoms with Crippen molar-refractivity contribution in [3.05, 3.63) is 29.3 Å². The summed E-state index contributed by atoms with van der Waals surface area (Å²) < 4.78 is 0. The molecule has 0 saturated carbocycles. The van der Waals surface area contributed by atoms with Crippen LogP contribution in [-0.4, -0.2) is 24.5 Å². The van der Waals surface area contributed by atoms with Gasteiger partial charge < -0.3 is 10.6 Å². The largest absolute Gasteiger partial charge is 0.372 e. The van der Waals surface area contributed by atoms with Crippen molar-refractivity contribution < 1.29 is 9.59 Å². The van der Waals surface area contributed by atoms with Crippen LogP contribution in [-0.2, 0) is 4.79 Å².